The summed E-state index contributed by atoms with van der Waals surface area (Å²) in [6.07, 6.45) is 0.723. The van der Waals surface area contributed by atoms with Crippen LogP contribution in [-0.4, -0.2) is 0 Å². The molecule has 0 aromatic heterocycles. The fourth-order valence-corrected chi connectivity index (χ4v) is 2.52. The number of benzene rings is 2. The summed E-state index contributed by atoms with van der Waals surface area (Å²) in [5.74, 6) is -1.65. The van der Waals surface area contributed by atoms with Gasteiger partial charge in [0, 0.05) is 0 Å². The molecular weight excluding hydrogens is 256 g/mol. The Labute approximate surface area is 108 Å². The molecule has 1 atom stereocenters. The topological polar surface area (TPSA) is 12.0 Å². The van der Waals surface area contributed by atoms with Crippen molar-refractivity contribution in [3.63, 3.8) is 0 Å². The Balaban J connectivity index is 1.94. The molecule has 2 aromatic rings. The first-order valence-electron chi connectivity index (χ1n) is 5.64. The lowest BCUT2D eigenvalue weighted by Gasteiger charge is -2.12. The Bertz CT molecular complexity index is 613. The van der Waals surface area contributed by atoms with E-state index in [9.17, 15) is 8.78 Å². The highest BCUT2D eigenvalue weighted by molar-refractivity contribution is 6.33. The molecule has 0 fully saturated rings. The number of para-hydroxylation sites is 1. The first kappa shape index (κ1) is 11.5. The zero-order valence-corrected chi connectivity index (χ0v) is 10.1. The largest absolute Gasteiger partial charge is 0.376 e. The van der Waals surface area contributed by atoms with Crippen molar-refractivity contribution in [1.29, 1.82) is 0 Å². The first-order valence-corrected chi connectivity index (χ1v) is 6.02. The molecule has 18 heavy (non-hydrogen) atoms. The van der Waals surface area contributed by atoms with Crippen molar-refractivity contribution in [3.8, 4) is 0 Å². The van der Waals surface area contributed by atoms with Crippen molar-refractivity contribution in [1.82, 2.24) is 0 Å². The molecule has 0 radical (unpaired) electrons. The van der Waals surface area contributed by atoms with Crippen LogP contribution in [0.15, 0.2) is 36.4 Å². The zero-order valence-electron chi connectivity index (χ0n) is 9.38. The third-order valence-corrected chi connectivity index (χ3v) is 3.50. The van der Waals surface area contributed by atoms with E-state index in [4.69, 9.17) is 11.6 Å². The van der Waals surface area contributed by atoms with Crippen molar-refractivity contribution in [2.45, 2.75) is 12.5 Å². The highest BCUT2D eigenvalue weighted by atomic mass is 35.5. The van der Waals surface area contributed by atoms with Gasteiger partial charge in [-0.2, -0.15) is 0 Å². The smallest absolute Gasteiger partial charge is 0.159 e. The van der Waals surface area contributed by atoms with Crippen molar-refractivity contribution in [2.24, 2.45) is 0 Å². The van der Waals surface area contributed by atoms with E-state index in [1.807, 2.05) is 12.1 Å². The summed E-state index contributed by atoms with van der Waals surface area (Å²) in [6.45, 7) is 0. The highest BCUT2D eigenvalue weighted by Crippen LogP contribution is 2.38. The van der Waals surface area contributed by atoms with Gasteiger partial charge in [-0.1, -0.05) is 29.8 Å². The van der Waals surface area contributed by atoms with Gasteiger partial charge in [0.25, 0.3) is 0 Å². The minimum absolute atomic E-state index is 0.0602. The molecule has 0 saturated heterocycles. The van der Waals surface area contributed by atoms with Crippen LogP contribution in [0.5, 0.6) is 0 Å². The van der Waals surface area contributed by atoms with Crippen molar-refractivity contribution < 1.29 is 8.78 Å². The molecule has 0 amide bonds. The fourth-order valence-electron chi connectivity index (χ4n) is 2.28. The third kappa shape index (κ3) is 1.85. The van der Waals surface area contributed by atoms with Gasteiger partial charge in [-0.25, -0.2) is 8.78 Å². The summed E-state index contributed by atoms with van der Waals surface area (Å²) in [6, 6.07) is 9.58. The second-order valence-corrected chi connectivity index (χ2v) is 4.76. The van der Waals surface area contributed by atoms with E-state index in [1.165, 1.54) is 6.07 Å². The van der Waals surface area contributed by atoms with Crippen LogP contribution in [0.25, 0.3) is 0 Å². The van der Waals surface area contributed by atoms with Crippen molar-refractivity contribution >= 4 is 17.3 Å². The monoisotopic (exact) mass is 265 g/mol. The van der Waals surface area contributed by atoms with Crippen LogP contribution in [0.1, 0.15) is 17.2 Å². The number of hydrogen-bond acceptors (Lipinski definition) is 1. The van der Waals surface area contributed by atoms with Crippen LogP contribution >= 0.6 is 11.6 Å². The van der Waals surface area contributed by atoms with Crippen molar-refractivity contribution in [2.75, 3.05) is 5.32 Å². The molecule has 1 aliphatic heterocycles. The van der Waals surface area contributed by atoms with E-state index in [2.05, 4.69) is 5.32 Å². The molecule has 0 aliphatic carbocycles. The molecule has 0 saturated carbocycles. The molecule has 92 valence electrons. The maximum Gasteiger partial charge on any atom is 0.159 e. The van der Waals surface area contributed by atoms with Crippen LogP contribution in [-0.2, 0) is 6.42 Å². The van der Waals surface area contributed by atoms with Crippen LogP contribution < -0.4 is 5.32 Å². The molecule has 1 nitrogen and oxygen atoms in total. The molecule has 1 unspecified atom stereocenters. The average molecular weight is 266 g/mol. The minimum Gasteiger partial charge on any atom is -0.376 e. The number of nitrogens with one attached hydrogen (secondary N) is 1. The molecule has 2 aromatic carbocycles. The first-order chi connectivity index (χ1) is 8.65. The summed E-state index contributed by atoms with van der Waals surface area (Å²) in [4.78, 5) is 0. The molecular formula is C14H10ClF2N. The second kappa shape index (κ2) is 4.25. The second-order valence-electron chi connectivity index (χ2n) is 4.35. The Morgan fingerprint density at radius 2 is 1.94 bits per heavy atom. The summed E-state index contributed by atoms with van der Waals surface area (Å²) in [5, 5.41) is 3.90. The molecule has 3 rings (SSSR count). The predicted molar refractivity (Wildman–Crippen MR) is 67.9 cm³/mol. The van der Waals surface area contributed by atoms with Crippen LogP contribution in [0.2, 0.25) is 5.02 Å². The summed E-state index contributed by atoms with van der Waals surface area (Å²) >= 11 is 6.08. The fraction of sp³-hybridized carbons (Fsp3) is 0.143. The van der Waals surface area contributed by atoms with Gasteiger partial charge in [0.1, 0.15) is 0 Å². The normalized spacial score (nSPS) is 17.4. The maximum atomic E-state index is 13.2. The Morgan fingerprint density at radius 3 is 2.67 bits per heavy atom. The molecule has 1 aliphatic rings. The zero-order chi connectivity index (χ0) is 12.7. The molecule has 0 spiro atoms. The number of halogens is 3. The van der Waals surface area contributed by atoms with Gasteiger partial charge in [-0.05, 0) is 35.7 Å². The molecule has 4 heteroatoms. The predicted octanol–water partition coefficient (Wildman–Crippen LogP) is 4.33. The van der Waals surface area contributed by atoms with Crippen LogP contribution in [0.4, 0.5) is 14.5 Å². The molecule has 0 bridgehead atoms. The Kier molecular flexibility index (Phi) is 2.71. The lowest BCUT2D eigenvalue weighted by Crippen LogP contribution is -2.06. The third-order valence-electron chi connectivity index (χ3n) is 3.19. The quantitative estimate of drug-likeness (QED) is 0.809. The lowest BCUT2D eigenvalue weighted by molar-refractivity contribution is 0.506. The van der Waals surface area contributed by atoms with E-state index in [0.717, 1.165) is 29.3 Å². The van der Waals surface area contributed by atoms with E-state index >= 15 is 0 Å². The summed E-state index contributed by atoms with van der Waals surface area (Å²) in [7, 11) is 0. The van der Waals surface area contributed by atoms with E-state index in [1.54, 1.807) is 12.1 Å². The van der Waals surface area contributed by atoms with Crippen molar-refractivity contribution in [3.05, 3.63) is 64.2 Å². The standard InChI is InChI=1S/C14H10ClF2N/c15-10-3-1-2-9-7-13(18-14(9)10)8-4-5-11(16)12(17)6-8/h1-6,13,18H,7H2. The number of hydrogen-bond donors (Lipinski definition) is 1. The molecule has 1 heterocycles. The Morgan fingerprint density at radius 1 is 1.11 bits per heavy atom. The summed E-state index contributed by atoms with van der Waals surface area (Å²) in [5.41, 5.74) is 2.70. The van der Waals surface area contributed by atoms with Gasteiger partial charge in [-0.15, -0.1) is 0 Å². The Hall–Kier alpha value is -1.61. The van der Waals surface area contributed by atoms with Gasteiger partial charge in [-0.3, -0.25) is 0 Å². The number of anilines is 1. The highest BCUT2D eigenvalue weighted by Gasteiger charge is 2.24. The maximum absolute atomic E-state index is 13.2. The number of fused-ring (bicyclic) bond motifs is 1. The molecule has 1 N–H and O–H groups in total. The lowest BCUT2D eigenvalue weighted by atomic mass is 10.0. The average Bonchev–Trinajstić information content (AvgIpc) is 2.78. The summed E-state index contributed by atoms with van der Waals surface area (Å²) < 4.78 is 26.1. The van der Waals surface area contributed by atoms with Gasteiger partial charge in [0.15, 0.2) is 11.6 Å². The minimum atomic E-state index is -0.827. The van der Waals surface area contributed by atoms with Crippen LogP contribution in [0, 0.1) is 11.6 Å². The van der Waals surface area contributed by atoms with Gasteiger partial charge in [0.05, 0.1) is 16.8 Å². The van der Waals surface area contributed by atoms with E-state index in [0.29, 0.717) is 5.02 Å². The van der Waals surface area contributed by atoms with Crippen LogP contribution in [0.3, 0.4) is 0 Å². The van der Waals surface area contributed by atoms with E-state index in [-0.39, 0.29) is 6.04 Å². The van der Waals surface area contributed by atoms with E-state index < -0.39 is 11.6 Å². The van der Waals surface area contributed by atoms with Gasteiger partial charge >= 0.3 is 0 Å². The van der Waals surface area contributed by atoms with Gasteiger partial charge < -0.3 is 5.32 Å². The van der Waals surface area contributed by atoms with Gasteiger partial charge in [0.2, 0.25) is 0 Å². The SMILES string of the molecule is Fc1ccc(C2Cc3cccc(Cl)c3N2)cc1F. The number of rotatable bonds is 1.